The number of hydrogen-bond donors (Lipinski definition) is 0. The van der Waals surface area contributed by atoms with E-state index in [1.54, 1.807) is 14.2 Å². The maximum atomic E-state index is 8.76. The van der Waals surface area contributed by atoms with E-state index in [0.29, 0.717) is 12.2 Å². The molecule has 0 saturated carbocycles. The summed E-state index contributed by atoms with van der Waals surface area (Å²) in [5.74, 6) is 0.700. The molecule has 120 valence electrons. The molecule has 22 heavy (non-hydrogen) atoms. The quantitative estimate of drug-likeness (QED) is 0.418. The average molecular weight is 372 g/mol. The smallest absolute Gasteiger partial charge is 0.183 e. The van der Waals surface area contributed by atoms with Crippen LogP contribution in [0, 0.1) is 0 Å². The third kappa shape index (κ3) is 4.34. The van der Waals surface area contributed by atoms with Crippen LogP contribution < -0.4 is 4.74 Å². The first kappa shape index (κ1) is 17.1. The van der Waals surface area contributed by atoms with Gasteiger partial charge in [0, 0.05) is 30.0 Å². The van der Waals surface area contributed by atoms with E-state index < -0.39 is 12.3 Å². The number of azide groups is 1. The number of hydrogen-bond acceptors (Lipinski definition) is 5. The molecule has 0 aliphatic carbocycles. The summed E-state index contributed by atoms with van der Waals surface area (Å²) >= 11 is 3.36. The highest BCUT2D eigenvalue weighted by molar-refractivity contribution is 9.10. The number of nitrogens with zero attached hydrogens (tertiary/aromatic N) is 3. The van der Waals surface area contributed by atoms with Gasteiger partial charge >= 0.3 is 0 Å². The molecule has 0 radical (unpaired) electrons. The summed E-state index contributed by atoms with van der Waals surface area (Å²) in [6.07, 6.45) is -0.359. The summed E-state index contributed by atoms with van der Waals surface area (Å²) in [7, 11) is 3.16. The molecule has 1 aromatic carbocycles. The molecule has 1 aliphatic heterocycles. The van der Waals surface area contributed by atoms with Crippen molar-refractivity contribution in [3.05, 3.63) is 39.2 Å². The third-order valence-electron chi connectivity index (χ3n) is 3.48. The zero-order valence-electron chi connectivity index (χ0n) is 12.4. The van der Waals surface area contributed by atoms with Crippen LogP contribution in [0.3, 0.4) is 0 Å². The highest BCUT2D eigenvalue weighted by atomic mass is 79.9. The van der Waals surface area contributed by atoms with Gasteiger partial charge in [-0.2, -0.15) is 0 Å². The van der Waals surface area contributed by atoms with Gasteiger partial charge in [0.25, 0.3) is 0 Å². The van der Waals surface area contributed by atoms with Crippen LogP contribution in [0.15, 0.2) is 33.9 Å². The Hall–Kier alpha value is -1.31. The molecule has 4 atom stereocenters. The Morgan fingerprint density at radius 1 is 1.36 bits per heavy atom. The molecule has 0 N–H and O–H groups in total. The lowest BCUT2D eigenvalue weighted by Gasteiger charge is -2.19. The predicted molar refractivity (Wildman–Crippen MR) is 83.7 cm³/mol. The summed E-state index contributed by atoms with van der Waals surface area (Å²) in [6.45, 7) is 0.225. The first-order valence-electron chi connectivity index (χ1n) is 6.81. The van der Waals surface area contributed by atoms with Gasteiger partial charge < -0.3 is 18.9 Å². The number of rotatable bonds is 7. The van der Waals surface area contributed by atoms with E-state index in [-0.39, 0.29) is 18.8 Å². The lowest BCUT2D eigenvalue weighted by molar-refractivity contribution is -0.157. The Kier molecular flexibility index (Phi) is 6.48. The summed E-state index contributed by atoms with van der Waals surface area (Å²) in [4.78, 5) is 2.88. The first-order valence-corrected chi connectivity index (χ1v) is 7.61. The number of benzene rings is 1. The number of halogens is 1. The van der Waals surface area contributed by atoms with Crippen molar-refractivity contribution in [2.45, 2.75) is 31.0 Å². The molecule has 0 spiro atoms. The minimum atomic E-state index is -0.459. The van der Waals surface area contributed by atoms with Gasteiger partial charge in [-0.25, -0.2) is 0 Å². The second-order valence-corrected chi connectivity index (χ2v) is 5.74. The molecule has 0 aromatic heterocycles. The van der Waals surface area contributed by atoms with Gasteiger partial charge in [0.05, 0.1) is 18.8 Å². The molecule has 8 heteroatoms. The number of ether oxygens (including phenoxy) is 4. The van der Waals surface area contributed by atoms with Crippen LogP contribution in [0.4, 0.5) is 0 Å². The zero-order chi connectivity index (χ0) is 15.9. The van der Waals surface area contributed by atoms with Gasteiger partial charge in [0.1, 0.15) is 11.9 Å². The molecular formula is C14H18BrN3O4. The molecular weight excluding hydrogens is 354 g/mol. The Bertz CT molecular complexity index is 509. The van der Waals surface area contributed by atoms with E-state index in [2.05, 4.69) is 26.0 Å². The second-order valence-electron chi connectivity index (χ2n) is 4.83. The molecule has 1 unspecified atom stereocenters. The van der Waals surface area contributed by atoms with E-state index in [1.165, 1.54) is 0 Å². The van der Waals surface area contributed by atoms with Crippen LogP contribution in [0.5, 0.6) is 5.75 Å². The molecule has 1 aliphatic rings. The maximum absolute atomic E-state index is 8.76. The number of methoxy groups -OCH3 is 2. The van der Waals surface area contributed by atoms with Gasteiger partial charge in [-0.3, -0.25) is 0 Å². The van der Waals surface area contributed by atoms with E-state index in [4.69, 9.17) is 24.5 Å². The Labute approximate surface area is 137 Å². The van der Waals surface area contributed by atoms with Crippen molar-refractivity contribution in [1.29, 1.82) is 0 Å². The predicted octanol–water partition coefficient (Wildman–Crippen LogP) is 3.28. The van der Waals surface area contributed by atoms with Crippen LogP contribution in [-0.2, 0) is 14.2 Å². The van der Waals surface area contributed by atoms with E-state index in [1.807, 2.05) is 24.3 Å². The van der Waals surface area contributed by atoms with Crippen LogP contribution in [0.25, 0.3) is 10.4 Å². The fourth-order valence-electron chi connectivity index (χ4n) is 2.31. The second kappa shape index (κ2) is 8.36. The van der Waals surface area contributed by atoms with Gasteiger partial charge in [-0.05, 0) is 29.8 Å². The maximum Gasteiger partial charge on any atom is 0.183 e. The van der Waals surface area contributed by atoms with Crippen molar-refractivity contribution in [2.24, 2.45) is 5.11 Å². The van der Waals surface area contributed by atoms with Crippen molar-refractivity contribution in [3.8, 4) is 5.75 Å². The van der Waals surface area contributed by atoms with Gasteiger partial charge in [-0.15, -0.1) is 0 Å². The molecule has 1 fully saturated rings. The molecule has 1 saturated heterocycles. The Balaban J connectivity index is 1.98. The summed E-state index contributed by atoms with van der Waals surface area (Å²) in [5, 5.41) is 3.79. The summed E-state index contributed by atoms with van der Waals surface area (Å²) < 4.78 is 22.9. The summed E-state index contributed by atoms with van der Waals surface area (Å²) in [5.41, 5.74) is 8.76. The fourth-order valence-corrected chi connectivity index (χ4v) is 2.58. The normalized spacial score (nSPS) is 25.5. The van der Waals surface area contributed by atoms with Crippen LogP contribution in [0.1, 0.15) is 6.42 Å². The van der Waals surface area contributed by atoms with E-state index in [9.17, 15) is 0 Å². The highest BCUT2D eigenvalue weighted by Crippen LogP contribution is 2.27. The van der Waals surface area contributed by atoms with Crippen LogP contribution >= 0.6 is 15.9 Å². The van der Waals surface area contributed by atoms with Crippen molar-refractivity contribution in [3.63, 3.8) is 0 Å². The van der Waals surface area contributed by atoms with E-state index >= 15 is 0 Å². The molecule has 1 heterocycles. The molecule has 0 amide bonds. The fraction of sp³-hybridized carbons (Fsp3) is 0.571. The van der Waals surface area contributed by atoms with Crippen molar-refractivity contribution in [2.75, 3.05) is 20.8 Å². The zero-order valence-corrected chi connectivity index (χ0v) is 14.0. The standard InChI is InChI=1S/C14H18BrN3O4/c1-19-13-7-12(22-14(13)20-2)11(17-18-16)8-21-10-5-3-9(15)4-6-10/h3-6,11-14H,7-8H2,1-2H3/t11-,12-,13+,14?/m0/s1. The minimum absolute atomic E-state index is 0.181. The SMILES string of the molecule is COC1O[C@H]([C@H](COc2ccc(Br)cc2)N=[N+]=[N-])C[C@H]1OC. The van der Waals surface area contributed by atoms with Gasteiger partial charge in [0.2, 0.25) is 0 Å². The largest absolute Gasteiger partial charge is 0.493 e. The average Bonchev–Trinajstić information content (AvgIpc) is 2.96. The topological polar surface area (TPSA) is 85.7 Å². The van der Waals surface area contributed by atoms with Gasteiger partial charge in [0.15, 0.2) is 6.29 Å². The summed E-state index contributed by atoms with van der Waals surface area (Å²) in [6, 6.07) is 6.98. The Morgan fingerprint density at radius 2 is 2.09 bits per heavy atom. The monoisotopic (exact) mass is 371 g/mol. The lowest BCUT2D eigenvalue weighted by Crippen LogP contribution is -2.30. The molecule has 0 bridgehead atoms. The molecule has 2 rings (SSSR count). The minimum Gasteiger partial charge on any atom is -0.493 e. The lowest BCUT2D eigenvalue weighted by atomic mass is 10.1. The van der Waals surface area contributed by atoms with Crippen molar-refractivity contribution in [1.82, 2.24) is 0 Å². The first-order chi connectivity index (χ1) is 10.7. The molecule has 7 nitrogen and oxygen atoms in total. The molecule has 1 aromatic rings. The van der Waals surface area contributed by atoms with Crippen molar-refractivity contribution < 1.29 is 18.9 Å². The Morgan fingerprint density at radius 3 is 2.64 bits per heavy atom. The van der Waals surface area contributed by atoms with E-state index in [0.717, 1.165) is 4.47 Å². The van der Waals surface area contributed by atoms with Gasteiger partial charge in [-0.1, -0.05) is 21.0 Å². The van der Waals surface area contributed by atoms with Crippen LogP contribution in [-0.4, -0.2) is 45.4 Å². The third-order valence-corrected chi connectivity index (χ3v) is 4.00. The highest BCUT2D eigenvalue weighted by Gasteiger charge is 2.39. The van der Waals surface area contributed by atoms with Crippen molar-refractivity contribution >= 4 is 15.9 Å². The van der Waals surface area contributed by atoms with Crippen LogP contribution in [0.2, 0.25) is 0 Å².